The Morgan fingerprint density at radius 1 is 1.44 bits per heavy atom. The number of nitrogens with two attached hydrogens (primary N) is 1. The van der Waals surface area contributed by atoms with Crippen LogP contribution < -0.4 is 10.6 Å². The summed E-state index contributed by atoms with van der Waals surface area (Å²) in [6, 6.07) is 5.83. The van der Waals surface area contributed by atoms with E-state index in [0.29, 0.717) is 16.6 Å². The van der Waals surface area contributed by atoms with Crippen LogP contribution in [0.2, 0.25) is 5.02 Å². The van der Waals surface area contributed by atoms with Crippen molar-refractivity contribution < 1.29 is 5.21 Å². The van der Waals surface area contributed by atoms with Crippen molar-refractivity contribution >= 4 is 23.1 Å². The van der Waals surface area contributed by atoms with Crippen LogP contribution in [0.1, 0.15) is 32.3 Å². The van der Waals surface area contributed by atoms with E-state index in [-0.39, 0.29) is 5.84 Å². The fourth-order valence-electron chi connectivity index (χ4n) is 2.11. The first kappa shape index (κ1) is 14.6. The minimum atomic E-state index is 0.0744. The van der Waals surface area contributed by atoms with Crippen LogP contribution in [0.15, 0.2) is 23.4 Å². The molecule has 0 aliphatic heterocycles. The summed E-state index contributed by atoms with van der Waals surface area (Å²) in [5, 5.41) is 12.5. The van der Waals surface area contributed by atoms with E-state index >= 15 is 0 Å². The maximum atomic E-state index is 8.84. The SMILES string of the molecule is CCC(CC)N(C)c1ccc(Cl)cc1C(N)=NO. The second kappa shape index (κ2) is 6.50. The van der Waals surface area contributed by atoms with Crippen LogP contribution in [-0.2, 0) is 0 Å². The Morgan fingerprint density at radius 3 is 2.56 bits per heavy atom. The number of amidine groups is 1. The summed E-state index contributed by atoms with van der Waals surface area (Å²) in [5.74, 6) is 0.0744. The Morgan fingerprint density at radius 2 is 2.06 bits per heavy atom. The van der Waals surface area contributed by atoms with Crippen molar-refractivity contribution in [3.63, 3.8) is 0 Å². The molecule has 0 unspecified atom stereocenters. The quantitative estimate of drug-likeness (QED) is 0.374. The first-order chi connectivity index (χ1) is 8.54. The van der Waals surface area contributed by atoms with Gasteiger partial charge in [0.2, 0.25) is 0 Å². The molecule has 0 saturated heterocycles. The van der Waals surface area contributed by atoms with E-state index in [9.17, 15) is 0 Å². The van der Waals surface area contributed by atoms with Gasteiger partial charge < -0.3 is 15.8 Å². The zero-order valence-electron chi connectivity index (χ0n) is 11.0. The molecule has 0 radical (unpaired) electrons. The van der Waals surface area contributed by atoms with E-state index in [0.717, 1.165) is 18.5 Å². The molecule has 0 heterocycles. The Labute approximate surface area is 113 Å². The number of benzene rings is 1. The molecule has 1 rings (SSSR count). The van der Waals surface area contributed by atoms with E-state index in [2.05, 4.69) is 23.9 Å². The van der Waals surface area contributed by atoms with Gasteiger partial charge >= 0.3 is 0 Å². The Kier molecular flexibility index (Phi) is 5.28. The van der Waals surface area contributed by atoms with Crippen LogP contribution in [0.3, 0.4) is 0 Å². The first-order valence-corrected chi connectivity index (χ1v) is 6.43. The average molecular weight is 270 g/mol. The van der Waals surface area contributed by atoms with Gasteiger partial charge in [-0.2, -0.15) is 0 Å². The fourth-order valence-corrected chi connectivity index (χ4v) is 2.28. The van der Waals surface area contributed by atoms with Crippen LogP contribution in [0, 0.1) is 0 Å². The molecule has 5 heteroatoms. The molecule has 1 aromatic carbocycles. The number of rotatable bonds is 5. The molecule has 0 spiro atoms. The Bertz CT molecular complexity index is 430. The molecule has 0 saturated carbocycles. The number of nitrogens with zero attached hydrogens (tertiary/aromatic N) is 2. The van der Waals surface area contributed by atoms with E-state index in [4.69, 9.17) is 22.5 Å². The summed E-state index contributed by atoms with van der Waals surface area (Å²) in [6.45, 7) is 4.29. The van der Waals surface area contributed by atoms with E-state index in [1.165, 1.54) is 0 Å². The molecular formula is C13H20ClN3O. The summed E-state index contributed by atoms with van der Waals surface area (Å²) in [6.07, 6.45) is 2.07. The van der Waals surface area contributed by atoms with Crippen molar-refractivity contribution in [3.8, 4) is 0 Å². The lowest BCUT2D eigenvalue weighted by Crippen LogP contribution is -2.32. The van der Waals surface area contributed by atoms with Gasteiger partial charge in [0.05, 0.1) is 0 Å². The van der Waals surface area contributed by atoms with Crippen molar-refractivity contribution in [2.45, 2.75) is 32.7 Å². The maximum Gasteiger partial charge on any atom is 0.172 e. The molecule has 0 bridgehead atoms. The molecule has 1 aromatic rings. The molecule has 18 heavy (non-hydrogen) atoms. The summed E-state index contributed by atoms with van der Waals surface area (Å²) < 4.78 is 0. The molecular weight excluding hydrogens is 250 g/mol. The normalized spacial score (nSPS) is 11.9. The highest BCUT2D eigenvalue weighted by atomic mass is 35.5. The monoisotopic (exact) mass is 269 g/mol. The smallest absolute Gasteiger partial charge is 0.172 e. The Balaban J connectivity index is 3.23. The summed E-state index contributed by atoms with van der Waals surface area (Å²) in [4.78, 5) is 2.14. The van der Waals surface area contributed by atoms with Crippen LogP contribution in [0.25, 0.3) is 0 Å². The molecule has 0 aliphatic carbocycles. The van der Waals surface area contributed by atoms with Crippen LogP contribution in [-0.4, -0.2) is 24.1 Å². The molecule has 0 aliphatic rings. The minimum absolute atomic E-state index is 0.0744. The van der Waals surface area contributed by atoms with Gasteiger partial charge in [0, 0.05) is 29.4 Å². The number of halogens is 1. The average Bonchev–Trinajstić information content (AvgIpc) is 2.38. The third kappa shape index (κ3) is 3.07. The highest BCUT2D eigenvalue weighted by Crippen LogP contribution is 2.26. The number of hydrogen-bond donors (Lipinski definition) is 2. The van der Waals surface area contributed by atoms with Gasteiger partial charge in [-0.05, 0) is 31.0 Å². The van der Waals surface area contributed by atoms with Crippen molar-refractivity contribution in [3.05, 3.63) is 28.8 Å². The lowest BCUT2D eigenvalue weighted by molar-refractivity contribution is 0.318. The standard InChI is InChI=1S/C13H20ClN3O/c1-4-10(5-2)17(3)12-7-6-9(14)8-11(12)13(15)16-18/h6-8,10,18H,4-5H2,1-3H3,(H2,15,16). The molecule has 4 nitrogen and oxygen atoms in total. The van der Waals surface area contributed by atoms with Crippen LogP contribution in [0.4, 0.5) is 5.69 Å². The van der Waals surface area contributed by atoms with Crippen LogP contribution >= 0.6 is 11.6 Å². The molecule has 100 valence electrons. The minimum Gasteiger partial charge on any atom is -0.409 e. The van der Waals surface area contributed by atoms with Gasteiger partial charge in [-0.25, -0.2) is 0 Å². The molecule has 0 fully saturated rings. The fraction of sp³-hybridized carbons (Fsp3) is 0.462. The number of anilines is 1. The van der Waals surface area contributed by atoms with Gasteiger partial charge in [-0.15, -0.1) is 0 Å². The van der Waals surface area contributed by atoms with E-state index in [1.807, 2.05) is 19.2 Å². The summed E-state index contributed by atoms with van der Waals surface area (Å²) in [5.41, 5.74) is 7.27. The van der Waals surface area contributed by atoms with E-state index in [1.54, 1.807) is 6.07 Å². The van der Waals surface area contributed by atoms with Gasteiger partial charge in [0.15, 0.2) is 5.84 Å². The third-order valence-electron chi connectivity index (χ3n) is 3.21. The number of oxime groups is 1. The first-order valence-electron chi connectivity index (χ1n) is 6.05. The molecule has 0 atom stereocenters. The zero-order chi connectivity index (χ0) is 13.7. The summed E-state index contributed by atoms with van der Waals surface area (Å²) >= 11 is 5.96. The van der Waals surface area contributed by atoms with Gasteiger partial charge in [-0.3, -0.25) is 0 Å². The van der Waals surface area contributed by atoms with Crippen molar-refractivity contribution in [1.82, 2.24) is 0 Å². The molecule has 0 amide bonds. The van der Waals surface area contributed by atoms with Gasteiger partial charge in [-0.1, -0.05) is 30.6 Å². The maximum absolute atomic E-state index is 8.84. The van der Waals surface area contributed by atoms with Gasteiger partial charge in [0.25, 0.3) is 0 Å². The second-order valence-corrected chi connectivity index (χ2v) is 4.66. The topological polar surface area (TPSA) is 61.8 Å². The second-order valence-electron chi connectivity index (χ2n) is 4.23. The lowest BCUT2D eigenvalue weighted by Gasteiger charge is -2.30. The third-order valence-corrected chi connectivity index (χ3v) is 3.45. The van der Waals surface area contributed by atoms with Crippen molar-refractivity contribution in [2.24, 2.45) is 10.9 Å². The molecule has 3 N–H and O–H groups in total. The predicted molar refractivity (Wildman–Crippen MR) is 76.7 cm³/mol. The van der Waals surface area contributed by atoms with E-state index < -0.39 is 0 Å². The largest absolute Gasteiger partial charge is 0.409 e. The van der Waals surface area contributed by atoms with Crippen molar-refractivity contribution in [1.29, 1.82) is 0 Å². The predicted octanol–water partition coefficient (Wildman–Crippen LogP) is 3.06. The highest BCUT2D eigenvalue weighted by molar-refractivity contribution is 6.31. The zero-order valence-corrected chi connectivity index (χ0v) is 11.8. The number of hydrogen-bond acceptors (Lipinski definition) is 3. The lowest BCUT2D eigenvalue weighted by atomic mass is 10.1. The molecule has 0 aromatic heterocycles. The van der Waals surface area contributed by atoms with Gasteiger partial charge in [0.1, 0.15) is 0 Å². The highest BCUT2D eigenvalue weighted by Gasteiger charge is 2.16. The Hall–Kier alpha value is -1.42. The van der Waals surface area contributed by atoms with Crippen molar-refractivity contribution in [2.75, 3.05) is 11.9 Å². The summed E-state index contributed by atoms with van der Waals surface area (Å²) in [7, 11) is 2.01. The van der Waals surface area contributed by atoms with Crippen LogP contribution in [0.5, 0.6) is 0 Å².